The van der Waals surface area contributed by atoms with E-state index in [2.05, 4.69) is 10.3 Å². The number of halogens is 1. The Morgan fingerprint density at radius 2 is 2.04 bits per heavy atom. The van der Waals surface area contributed by atoms with Gasteiger partial charge in [-0.2, -0.15) is 0 Å². The summed E-state index contributed by atoms with van der Waals surface area (Å²) in [5, 5.41) is 4.48. The summed E-state index contributed by atoms with van der Waals surface area (Å²) in [6.07, 6.45) is 5.42. The van der Waals surface area contributed by atoms with Crippen LogP contribution in [0.2, 0.25) is 5.02 Å². The minimum Gasteiger partial charge on any atom is -0.340 e. The number of imidazole rings is 1. The van der Waals surface area contributed by atoms with Gasteiger partial charge in [-0.25, -0.2) is 4.98 Å². The maximum atomic E-state index is 12.8. The molecule has 0 atom stereocenters. The van der Waals surface area contributed by atoms with E-state index in [4.69, 9.17) is 11.6 Å². The molecule has 5 nitrogen and oxygen atoms in total. The number of amides is 1. The van der Waals surface area contributed by atoms with Gasteiger partial charge in [0.05, 0.1) is 6.33 Å². The molecule has 26 heavy (non-hydrogen) atoms. The highest BCUT2D eigenvalue weighted by molar-refractivity contribution is 6.35. The lowest BCUT2D eigenvalue weighted by atomic mass is 10.2. The first-order chi connectivity index (χ1) is 12.6. The van der Waals surface area contributed by atoms with Crippen LogP contribution in [-0.4, -0.2) is 20.0 Å². The Morgan fingerprint density at radius 3 is 2.81 bits per heavy atom. The van der Waals surface area contributed by atoms with E-state index in [0.717, 1.165) is 22.2 Å². The third-order valence-electron chi connectivity index (χ3n) is 4.38. The van der Waals surface area contributed by atoms with Crippen molar-refractivity contribution in [2.75, 3.05) is 5.32 Å². The number of nitrogens with zero attached hydrogens (tertiary/aromatic N) is 3. The van der Waals surface area contributed by atoms with Crippen LogP contribution >= 0.6 is 11.6 Å². The second kappa shape index (κ2) is 6.69. The molecule has 1 amide bonds. The Morgan fingerprint density at radius 1 is 1.19 bits per heavy atom. The van der Waals surface area contributed by atoms with Crippen molar-refractivity contribution >= 4 is 34.1 Å². The molecule has 0 aliphatic carbocycles. The quantitative estimate of drug-likeness (QED) is 0.586. The Labute approximate surface area is 155 Å². The second-order valence-corrected chi connectivity index (χ2v) is 6.56. The molecule has 0 saturated heterocycles. The van der Waals surface area contributed by atoms with Gasteiger partial charge >= 0.3 is 0 Å². The fourth-order valence-electron chi connectivity index (χ4n) is 3.08. The molecular weight excluding hydrogens is 348 g/mol. The van der Waals surface area contributed by atoms with Crippen LogP contribution in [0.25, 0.3) is 10.9 Å². The van der Waals surface area contributed by atoms with E-state index in [9.17, 15) is 4.79 Å². The fourth-order valence-corrected chi connectivity index (χ4v) is 3.30. The summed E-state index contributed by atoms with van der Waals surface area (Å²) in [6.45, 7) is 0.702. The van der Waals surface area contributed by atoms with Crippen LogP contribution in [0.4, 0.5) is 5.69 Å². The number of hydrogen-bond donors (Lipinski definition) is 1. The number of anilines is 1. The summed E-state index contributed by atoms with van der Waals surface area (Å²) >= 11 is 6.24. The summed E-state index contributed by atoms with van der Waals surface area (Å²) in [5.74, 6) is -0.167. The van der Waals surface area contributed by atoms with Crippen molar-refractivity contribution in [1.29, 1.82) is 0 Å². The van der Waals surface area contributed by atoms with Crippen molar-refractivity contribution in [2.45, 2.75) is 6.54 Å². The maximum Gasteiger partial charge on any atom is 0.272 e. The van der Waals surface area contributed by atoms with Crippen molar-refractivity contribution in [3.63, 3.8) is 0 Å². The zero-order valence-corrected chi connectivity index (χ0v) is 14.9. The summed E-state index contributed by atoms with van der Waals surface area (Å²) in [7, 11) is 1.86. The van der Waals surface area contributed by atoms with Gasteiger partial charge in [-0.3, -0.25) is 4.79 Å². The number of carbonyl (C=O) groups excluding carboxylic acids is 1. The van der Waals surface area contributed by atoms with E-state index >= 15 is 0 Å². The van der Waals surface area contributed by atoms with Crippen LogP contribution in [-0.2, 0) is 13.6 Å². The Balaban J connectivity index is 1.59. The van der Waals surface area contributed by atoms with Crippen molar-refractivity contribution in [1.82, 2.24) is 14.1 Å². The van der Waals surface area contributed by atoms with E-state index in [1.165, 1.54) is 0 Å². The molecular formula is C20H17ClN4O. The molecule has 0 radical (unpaired) electrons. The van der Waals surface area contributed by atoms with Crippen molar-refractivity contribution < 1.29 is 4.79 Å². The normalized spacial score (nSPS) is 11.0. The number of fused-ring (bicyclic) bond motifs is 1. The van der Waals surface area contributed by atoms with Crippen LogP contribution in [0.15, 0.2) is 67.3 Å². The highest BCUT2D eigenvalue weighted by Gasteiger charge is 2.15. The van der Waals surface area contributed by atoms with E-state index in [-0.39, 0.29) is 5.91 Å². The molecule has 0 saturated carbocycles. The highest BCUT2D eigenvalue weighted by Crippen LogP contribution is 2.26. The van der Waals surface area contributed by atoms with E-state index in [0.29, 0.717) is 17.3 Å². The second-order valence-electron chi connectivity index (χ2n) is 6.15. The van der Waals surface area contributed by atoms with Gasteiger partial charge in [-0.1, -0.05) is 29.8 Å². The molecule has 0 fully saturated rings. The molecule has 2 heterocycles. The average molecular weight is 365 g/mol. The number of aromatic nitrogens is 3. The van der Waals surface area contributed by atoms with Gasteiger partial charge in [-0.05, 0) is 35.9 Å². The average Bonchev–Trinajstić information content (AvgIpc) is 3.24. The third kappa shape index (κ3) is 3.09. The maximum absolute atomic E-state index is 12.8. The van der Waals surface area contributed by atoms with Gasteiger partial charge in [0, 0.05) is 47.6 Å². The van der Waals surface area contributed by atoms with Crippen molar-refractivity contribution in [3.05, 3.63) is 83.5 Å². The number of rotatable bonds is 4. The molecule has 0 unspecified atom stereocenters. The minimum absolute atomic E-state index is 0.167. The lowest BCUT2D eigenvalue weighted by Crippen LogP contribution is -2.15. The Hall–Kier alpha value is -3.05. The van der Waals surface area contributed by atoms with Gasteiger partial charge < -0.3 is 14.5 Å². The van der Waals surface area contributed by atoms with Crippen LogP contribution in [0.3, 0.4) is 0 Å². The molecule has 1 N–H and O–H groups in total. The molecule has 2 aromatic heterocycles. The topological polar surface area (TPSA) is 51.9 Å². The number of aryl methyl sites for hydroxylation is 1. The molecule has 4 aromatic rings. The molecule has 0 aliphatic heterocycles. The molecule has 4 rings (SSSR count). The van der Waals surface area contributed by atoms with E-state index in [1.807, 2.05) is 70.9 Å². The van der Waals surface area contributed by atoms with E-state index in [1.54, 1.807) is 12.5 Å². The van der Waals surface area contributed by atoms with Crippen LogP contribution < -0.4 is 5.32 Å². The zero-order valence-electron chi connectivity index (χ0n) is 14.2. The summed E-state index contributed by atoms with van der Waals surface area (Å²) in [5.41, 5.74) is 3.33. The molecule has 130 valence electrons. The lowest BCUT2D eigenvalue weighted by molar-refractivity contribution is 0.102. The smallest absolute Gasteiger partial charge is 0.272 e. The molecule has 0 bridgehead atoms. The monoisotopic (exact) mass is 364 g/mol. The molecule has 0 aliphatic rings. The first kappa shape index (κ1) is 16.4. The largest absolute Gasteiger partial charge is 0.340 e. The Bertz CT molecular complexity index is 1080. The van der Waals surface area contributed by atoms with Crippen molar-refractivity contribution in [2.24, 2.45) is 7.05 Å². The highest BCUT2D eigenvalue weighted by atomic mass is 35.5. The number of benzene rings is 2. The standard InChI is InChI=1S/C20H17ClN4O/c1-24-18-7-3-6-17(21)16(18)11-19(24)20(26)23-15-5-2-4-14(10-15)12-25-9-8-22-13-25/h2-11,13H,12H2,1H3,(H,23,26). The predicted molar refractivity (Wildman–Crippen MR) is 104 cm³/mol. The minimum atomic E-state index is -0.167. The first-order valence-corrected chi connectivity index (χ1v) is 8.59. The number of nitrogens with one attached hydrogen (secondary N) is 1. The molecule has 0 spiro atoms. The van der Waals surface area contributed by atoms with Crippen LogP contribution in [0, 0.1) is 0 Å². The predicted octanol–water partition coefficient (Wildman–Crippen LogP) is 4.33. The Kier molecular flexibility index (Phi) is 4.22. The fraction of sp³-hybridized carbons (Fsp3) is 0.100. The van der Waals surface area contributed by atoms with E-state index < -0.39 is 0 Å². The number of hydrogen-bond acceptors (Lipinski definition) is 2. The first-order valence-electron chi connectivity index (χ1n) is 8.22. The lowest BCUT2D eigenvalue weighted by Gasteiger charge is -2.09. The van der Waals surface area contributed by atoms with Crippen LogP contribution in [0.1, 0.15) is 16.1 Å². The van der Waals surface area contributed by atoms with Crippen LogP contribution in [0.5, 0.6) is 0 Å². The van der Waals surface area contributed by atoms with Gasteiger partial charge in [0.2, 0.25) is 0 Å². The SMILES string of the molecule is Cn1c(C(=O)Nc2cccc(Cn3ccnc3)c2)cc2c(Cl)cccc21. The molecule has 2 aromatic carbocycles. The molecule has 6 heteroatoms. The van der Waals surface area contributed by atoms with Gasteiger partial charge in [0.25, 0.3) is 5.91 Å². The summed E-state index contributed by atoms with van der Waals surface area (Å²) in [4.78, 5) is 16.8. The third-order valence-corrected chi connectivity index (χ3v) is 4.71. The number of carbonyl (C=O) groups is 1. The van der Waals surface area contributed by atoms with Crippen molar-refractivity contribution in [3.8, 4) is 0 Å². The van der Waals surface area contributed by atoms with Gasteiger partial charge in [0.15, 0.2) is 0 Å². The van der Waals surface area contributed by atoms with Gasteiger partial charge in [-0.15, -0.1) is 0 Å². The van der Waals surface area contributed by atoms with Gasteiger partial charge in [0.1, 0.15) is 5.69 Å². The summed E-state index contributed by atoms with van der Waals surface area (Å²) in [6, 6.07) is 15.3. The zero-order chi connectivity index (χ0) is 18.1. The summed E-state index contributed by atoms with van der Waals surface area (Å²) < 4.78 is 3.83.